The summed E-state index contributed by atoms with van der Waals surface area (Å²) in [5.74, 6) is 0.774. The van der Waals surface area contributed by atoms with E-state index in [-0.39, 0.29) is 11.9 Å². The minimum atomic E-state index is -0.526. The molecule has 1 aliphatic carbocycles. The molecule has 0 bridgehead atoms. The second-order valence-corrected chi connectivity index (χ2v) is 5.24. The number of nitrogens with two attached hydrogens (primary N) is 1. The summed E-state index contributed by atoms with van der Waals surface area (Å²) < 4.78 is 4.66. The summed E-state index contributed by atoms with van der Waals surface area (Å²) in [6, 6.07) is 2.02. The highest BCUT2D eigenvalue weighted by molar-refractivity contribution is 5.85. The number of rotatable bonds is 5. The Balaban J connectivity index is 2.14. The molecule has 0 aliphatic heterocycles. The van der Waals surface area contributed by atoms with Crippen LogP contribution >= 0.6 is 0 Å². The Morgan fingerprint density at radius 3 is 2.80 bits per heavy atom. The van der Waals surface area contributed by atoms with Crippen LogP contribution in [0.3, 0.4) is 0 Å². The van der Waals surface area contributed by atoms with Gasteiger partial charge < -0.3 is 15.8 Å². The van der Waals surface area contributed by atoms with E-state index in [9.17, 15) is 4.79 Å². The van der Waals surface area contributed by atoms with Crippen molar-refractivity contribution in [2.24, 2.45) is 11.7 Å². The van der Waals surface area contributed by atoms with Crippen molar-refractivity contribution in [1.29, 1.82) is 0 Å². The molecule has 0 saturated heterocycles. The first-order chi connectivity index (χ1) is 9.63. The fraction of sp³-hybridized carbons (Fsp3) is 0.643. The largest absolute Gasteiger partial charge is 0.463 e. The molecule has 3 N–H and O–H groups in total. The van der Waals surface area contributed by atoms with E-state index in [1.807, 2.05) is 13.0 Å². The van der Waals surface area contributed by atoms with Crippen molar-refractivity contribution in [2.75, 3.05) is 19.0 Å². The van der Waals surface area contributed by atoms with E-state index in [0.29, 0.717) is 18.3 Å². The van der Waals surface area contributed by atoms with Crippen LogP contribution in [-0.2, 0) is 4.74 Å². The second-order valence-electron chi connectivity index (χ2n) is 5.24. The van der Waals surface area contributed by atoms with Gasteiger partial charge in [0.25, 0.3) is 0 Å². The summed E-state index contributed by atoms with van der Waals surface area (Å²) >= 11 is 0. The zero-order valence-electron chi connectivity index (χ0n) is 12.1. The molecule has 6 nitrogen and oxygen atoms in total. The SMILES string of the molecule is COC(=O)c1nc(C)cc(NC(CN)C2CCCC2)n1. The van der Waals surface area contributed by atoms with E-state index < -0.39 is 5.97 Å². The molecule has 1 aliphatic rings. The number of hydrogen-bond donors (Lipinski definition) is 2. The Bertz CT molecular complexity index is 472. The highest BCUT2D eigenvalue weighted by Crippen LogP contribution is 2.28. The monoisotopic (exact) mass is 278 g/mol. The zero-order chi connectivity index (χ0) is 14.5. The van der Waals surface area contributed by atoms with Crippen LogP contribution in [0.1, 0.15) is 42.0 Å². The Morgan fingerprint density at radius 1 is 1.50 bits per heavy atom. The number of hydrogen-bond acceptors (Lipinski definition) is 6. The molecular weight excluding hydrogens is 256 g/mol. The van der Waals surface area contributed by atoms with Crippen LogP contribution < -0.4 is 11.1 Å². The third-order valence-electron chi connectivity index (χ3n) is 3.78. The van der Waals surface area contributed by atoms with Gasteiger partial charge in [0.2, 0.25) is 5.82 Å². The van der Waals surface area contributed by atoms with E-state index >= 15 is 0 Å². The topological polar surface area (TPSA) is 90.1 Å². The summed E-state index contributed by atoms with van der Waals surface area (Å²) in [6.45, 7) is 2.38. The maximum Gasteiger partial charge on any atom is 0.376 e. The fourth-order valence-electron chi connectivity index (χ4n) is 2.74. The Kier molecular flexibility index (Phi) is 4.89. The Labute approximate surface area is 119 Å². The molecule has 1 atom stereocenters. The van der Waals surface area contributed by atoms with Gasteiger partial charge in [0.15, 0.2) is 0 Å². The fourth-order valence-corrected chi connectivity index (χ4v) is 2.74. The van der Waals surface area contributed by atoms with E-state index in [1.54, 1.807) is 0 Å². The van der Waals surface area contributed by atoms with Gasteiger partial charge in [-0.2, -0.15) is 0 Å². The zero-order valence-corrected chi connectivity index (χ0v) is 12.1. The second kappa shape index (κ2) is 6.65. The van der Waals surface area contributed by atoms with Crippen molar-refractivity contribution < 1.29 is 9.53 Å². The van der Waals surface area contributed by atoms with E-state index in [1.165, 1.54) is 32.8 Å². The van der Waals surface area contributed by atoms with Crippen molar-refractivity contribution in [2.45, 2.75) is 38.6 Å². The molecule has 1 unspecified atom stereocenters. The number of esters is 1. The van der Waals surface area contributed by atoms with Crippen molar-refractivity contribution in [3.8, 4) is 0 Å². The predicted octanol–water partition coefficient (Wildman–Crippen LogP) is 1.50. The van der Waals surface area contributed by atoms with Gasteiger partial charge in [-0.25, -0.2) is 14.8 Å². The van der Waals surface area contributed by atoms with Gasteiger partial charge in [-0.15, -0.1) is 0 Å². The van der Waals surface area contributed by atoms with E-state index in [4.69, 9.17) is 5.73 Å². The molecule has 2 rings (SSSR count). The molecule has 1 heterocycles. The standard InChI is InChI=1S/C14H22N4O2/c1-9-7-12(18-13(16-9)14(19)20-2)17-11(8-15)10-5-3-4-6-10/h7,10-11H,3-6,8,15H2,1-2H3,(H,16,17,18). The quantitative estimate of drug-likeness (QED) is 0.793. The van der Waals surface area contributed by atoms with Crippen molar-refractivity contribution in [3.05, 3.63) is 17.6 Å². The highest BCUT2D eigenvalue weighted by atomic mass is 16.5. The maximum absolute atomic E-state index is 11.5. The predicted molar refractivity (Wildman–Crippen MR) is 76.5 cm³/mol. The molecule has 20 heavy (non-hydrogen) atoms. The van der Waals surface area contributed by atoms with Crippen LogP contribution in [0.5, 0.6) is 0 Å². The van der Waals surface area contributed by atoms with E-state index in [0.717, 1.165) is 5.69 Å². The first kappa shape index (κ1) is 14.7. The van der Waals surface area contributed by atoms with Crippen LogP contribution in [0.15, 0.2) is 6.07 Å². The Hall–Kier alpha value is -1.69. The molecule has 0 radical (unpaired) electrons. The molecule has 6 heteroatoms. The lowest BCUT2D eigenvalue weighted by Crippen LogP contribution is -2.35. The maximum atomic E-state index is 11.5. The first-order valence-corrected chi connectivity index (χ1v) is 7.04. The lowest BCUT2D eigenvalue weighted by molar-refractivity contribution is 0.0586. The van der Waals surface area contributed by atoms with Crippen LogP contribution in [-0.4, -0.2) is 35.6 Å². The van der Waals surface area contributed by atoms with Gasteiger partial charge >= 0.3 is 5.97 Å². The summed E-state index contributed by atoms with van der Waals surface area (Å²) in [4.78, 5) is 19.8. The summed E-state index contributed by atoms with van der Waals surface area (Å²) in [5, 5.41) is 3.35. The number of carbonyl (C=O) groups excluding carboxylic acids is 1. The summed E-state index contributed by atoms with van der Waals surface area (Å²) in [5.41, 5.74) is 6.59. The number of anilines is 1. The molecule has 1 fully saturated rings. The average Bonchev–Trinajstić information content (AvgIpc) is 2.97. The number of aryl methyl sites for hydroxylation is 1. The molecule has 1 aromatic rings. The lowest BCUT2D eigenvalue weighted by atomic mass is 9.98. The number of aromatic nitrogens is 2. The molecule has 0 aromatic carbocycles. The van der Waals surface area contributed by atoms with Crippen molar-refractivity contribution >= 4 is 11.8 Å². The molecule has 1 aromatic heterocycles. The van der Waals surface area contributed by atoms with Gasteiger partial charge in [0.1, 0.15) is 5.82 Å². The van der Waals surface area contributed by atoms with Crippen molar-refractivity contribution in [3.63, 3.8) is 0 Å². The lowest BCUT2D eigenvalue weighted by Gasteiger charge is -2.23. The van der Waals surface area contributed by atoms with Crippen LogP contribution in [0.4, 0.5) is 5.82 Å². The molecular formula is C14H22N4O2. The highest BCUT2D eigenvalue weighted by Gasteiger charge is 2.24. The van der Waals surface area contributed by atoms with Gasteiger partial charge in [-0.3, -0.25) is 0 Å². The van der Waals surface area contributed by atoms with Crippen molar-refractivity contribution in [1.82, 2.24) is 9.97 Å². The number of carbonyl (C=O) groups is 1. The van der Waals surface area contributed by atoms with Crippen LogP contribution in [0.2, 0.25) is 0 Å². The third kappa shape index (κ3) is 3.45. The number of nitrogens with zero attached hydrogens (tertiary/aromatic N) is 2. The average molecular weight is 278 g/mol. The van der Waals surface area contributed by atoms with Gasteiger partial charge in [-0.05, 0) is 25.7 Å². The third-order valence-corrected chi connectivity index (χ3v) is 3.78. The Morgan fingerprint density at radius 2 is 2.20 bits per heavy atom. The molecule has 0 amide bonds. The molecule has 110 valence electrons. The number of methoxy groups -OCH3 is 1. The van der Waals surface area contributed by atoms with Crippen LogP contribution in [0.25, 0.3) is 0 Å². The first-order valence-electron chi connectivity index (χ1n) is 7.04. The number of ether oxygens (including phenoxy) is 1. The van der Waals surface area contributed by atoms with Gasteiger partial charge in [0.05, 0.1) is 7.11 Å². The smallest absolute Gasteiger partial charge is 0.376 e. The van der Waals surface area contributed by atoms with Gasteiger partial charge in [0, 0.05) is 24.3 Å². The molecule has 0 spiro atoms. The minimum absolute atomic E-state index is 0.0807. The normalized spacial score (nSPS) is 16.9. The minimum Gasteiger partial charge on any atom is -0.463 e. The molecule has 1 saturated carbocycles. The van der Waals surface area contributed by atoms with E-state index in [2.05, 4.69) is 20.0 Å². The van der Waals surface area contributed by atoms with Crippen LogP contribution in [0, 0.1) is 12.8 Å². The summed E-state index contributed by atoms with van der Waals surface area (Å²) in [6.07, 6.45) is 4.92. The number of nitrogens with one attached hydrogen (secondary N) is 1. The van der Waals surface area contributed by atoms with Gasteiger partial charge in [-0.1, -0.05) is 12.8 Å². The summed E-state index contributed by atoms with van der Waals surface area (Å²) in [7, 11) is 1.32.